The van der Waals surface area contributed by atoms with Gasteiger partial charge in [-0.15, -0.1) is 0 Å². The van der Waals surface area contributed by atoms with Crippen molar-refractivity contribution in [3.63, 3.8) is 0 Å². The number of hydrogen-bond donors (Lipinski definition) is 1. The maximum atomic E-state index is 12.3. The third-order valence-electron chi connectivity index (χ3n) is 3.05. The Morgan fingerprint density at radius 2 is 1.89 bits per heavy atom. The Balaban J connectivity index is 2.28. The molecule has 0 aliphatic carbocycles. The Morgan fingerprint density at radius 1 is 1.16 bits per heavy atom. The van der Waals surface area contributed by atoms with Gasteiger partial charge in [-0.1, -0.05) is 51.8 Å². The molecule has 1 N–H and O–H groups in total. The second-order valence-electron chi connectivity index (χ2n) is 4.56. The maximum Gasteiger partial charge on any atom is 0.255 e. The topological polar surface area (TPSA) is 29.1 Å². The highest BCUT2D eigenvalue weighted by molar-refractivity contribution is 9.08. The molecule has 0 atom stereocenters. The normalized spacial score (nSPS) is 10.3. The van der Waals surface area contributed by atoms with Gasteiger partial charge in [0.15, 0.2) is 0 Å². The van der Waals surface area contributed by atoms with Crippen molar-refractivity contribution in [2.24, 2.45) is 0 Å². The molecule has 2 nitrogen and oxygen atoms in total. The molecule has 2 aromatic carbocycles. The zero-order chi connectivity index (χ0) is 13.8. The molecule has 0 spiro atoms. The second-order valence-corrected chi connectivity index (χ2v) is 5.12. The fourth-order valence-corrected chi connectivity index (χ4v) is 2.42. The van der Waals surface area contributed by atoms with Crippen LogP contribution in [0.1, 0.15) is 27.0 Å². The monoisotopic (exact) mass is 317 g/mol. The predicted octanol–water partition coefficient (Wildman–Crippen LogP) is 4.45. The maximum absolute atomic E-state index is 12.3. The van der Waals surface area contributed by atoms with Crippen LogP contribution in [0, 0.1) is 13.8 Å². The van der Waals surface area contributed by atoms with Crippen molar-refractivity contribution in [1.29, 1.82) is 0 Å². The molecule has 2 rings (SSSR count). The summed E-state index contributed by atoms with van der Waals surface area (Å²) in [6.07, 6.45) is 0. The van der Waals surface area contributed by atoms with E-state index in [0.29, 0.717) is 0 Å². The summed E-state index contributed by atoms with van der Waals surface area (Å²) in [5.41, 5.74) is 4.72. The highest BCUT2D eigenvalue weighted by atomic mass is 79.9. The summed E-state index contributed by atoms with van der Waals surface area (Å²) in [7, 11) is 0. The highest BCUT2D eigenvalue weighted by Crippen LogP contribution is 2.20. The fourth-order valence-electron chi connectivity index (χ4n) is 1.93. The van der Waals surface area contributed by atoms with Gasteiger partial charge in [0.05, 0.1) is 0 Å². The van der Waals surface area contributed by atoms with Gasteiger partial charge >= 0.3 is 0 Å². The molecule has 0 aromatic heterocycles. The number of halogens is 1. The molecular weight excluding hydrogens is 302 g/mol. The first-order valence-corrected chi connectivity index (χ1v) is 7.26. The van der Waals surface area contributed by atoms with Crippen LogP contribution in [0.15, 0.2) is 42.5 Å². The summed E-state index contributed by atoms with van der Waals surface area (Å²) in [5.74, 6) is -0.0606. The number of rotatable bonds is 3. The van der Waals surface area contributed by atoms with Gasteiger partial charge in [-0.05, 0) is 37.1 Å². The van der Waals surface area contributed by atoms with Crippen molar-refractivity contribution >= 4 is 27.5 Å². The van der Waals surface area contributed by atoms with E-state index in [1.165, 1.54) is 0 Å². The van der Waals surface area contributed by atoms with E-state index in [9.17, 15) is 4.79 Å². The van der Waals surface area contributed by atoms with Crippen LogP contribution in [-0.4, -0.2) is 5.91 Å². The molecule has 2 aromatic rings. The number of carbonyl (C=O) groups is 1. The van der Waals surface area contributed by atoms with Crippen LogP contribution in [0.3, 0.4) is 0 Å². The lowest BCUT2D eigenvalue weighted by atomic mass is 10.0. The third-order valence-corrected chi connectivity index (χ3v) is 3.65. The van der Waals surface area contributed by atoms with E-state index in [1.807, 2.05) is 56.3 Å². The number of carbonyl (C=O) groups excluding carboxylic acids is 1. The van der Waals surface area contributed by atoms with Gasteiger partial charge in [-0.3, -0.25) is 4.79 Å². The molecule has 0 saturated heterocycles. The van der Waals surface area contributed by atoms with Crippen molar-refractivity contribution in [1.82, 2.24) is 0 Å². The number of alkyl halides is 1. The minimum Gasteiger partial charge on any atom is -0.322 e. The fraction of sp³-hybridized carbons (Fsp3) is 0.188. The Hall–Kier alpha value is -1.61. The molecule has 1 amide bonds. The number of amides is 1. The summed E-state index contributed by atoms with van der Waals surface area (Å²) in [5, 5.41) is 3.70. The molecule has 0 bridgehead atoms. The molecule has 19 heavy (non-hydrogen) atoms. The van der Waals surface area contributed by atoms with Gasteiger partial charge in [0.2, 0.25) is 0 Å². The van der Waals surface area contributed by atoms with E-state index in [2.05, 4.69) is 21.2 Å². The van der Waals surface area contributed by atoms with E-state index in [-0.39, 0.29) is 5.91 Å². The minimum absolute atomic E-state index is 0.0606. The number of benzene rings is 2. The molecule has 0 saturated carbocycles. The Bertz CT molecular complexity index is 607. The zero-order valence-corrected chi connectivity index (χ0v) is 12.6. The predicted molar refractivity (Wildman–Crippen MR) is 82.9 cm³/mol. The molecular formula is C16H16BrNO. The standard InChI is InChI=1S/C16H16BrNO/c1-11-7-8-12(2)14(9-11)16(19)18-15-6-4-3-5-13(15)10-17/h3-9H,10H2,1-2H3,(H,18,19). The van der Waals surface area contributed by atoms with Gasteiger partial charge in [0.25, 0.3) is 5.91 Å². The molecule has 0 heterocycles. The van der Waals surface area contributed by atoms with Crippen LogP contribution >= 0.6 is 15.9 Å². The van der Waals surface area contributed by atoms with Crippen molar-refractivity contribution < 1.29 is 4.79 Å². The first kappa shape index (κ1) is 13.8. The van der Waals surface area contributed by atoms with Crippen LogP contribution in [-0.2, 0) is 5.33 Å². The molecule has 3 heteroatoms. The lowest BCUT2D eigenvalue weighted by molar-refractivity contribution is 0.102. The summed E-state index contributed by atoms with van der Waals surface area (Å²) < 4.78 is 0. The Labute approximate surface area is 122 Å². The lowest BCUT2D eigenvalue weighted by Gasteiger charge is -2.11. The summed E-state index contributed by atoms with van der Waals surface area (Å²) in [6, 6.07) is 13.7. The van der Waals surface area contributed by atoms with E-state index >= 15 is 0 Å². The smallest absolute Gasteiger partial charge is 0.255 e. The first-order valence-electron chi connectivity index (χ1n) is 6.14. The summed E-state index contributed by atoms with van der Waals surface area (Å²) >= 11 is 3.43. The average molecular weight is 318 g/mol. The third kappa shape index (κ3) is 3.24. The molecule has 0 aliphatic heterocycles. The van der Waals surface area contributed by atoms with Gasteiger partial charge < -0.3 is 5.32 Å². The molecule has 0 aliphatic rings. The second kappa shape index (κ2) is 6.02. The number of anilines is 1. The average Bonchev–Trinajstić information content (AvgIpc) is 2.42. The number of aryl methyl sites for hydroxylation is 2. The van der Waals surface area contributed by atoms with Gasteiger partial charge in [0, 0.05) is 16.6 Å². The van der Waals surface area contributed by atoms with E-state index < -0.39 is 0 Å². The van der Waals surface area contributed by atoms with Gasteiger partial charge in [-0.25, -0.2) is 0 Å². The van der Waals surface area contributed by atoms with Crippen molar-refractivity contribution in [2.75, 3.05) is 5.32 Å². The largest absolute Gasteiger partial charge is 0.322 e. The van der Waals surface area contributed by atoms with Crippen LogP contribution in [0.25, 0.3) is 0 Å². The number of para-hydroxylation sites is 1. The summed E-state index contributed by atoms with van der Waals surface area (Å²) in [4.78, 5) is 12.3. The minimum atomic E-state index is -0.0606. The van der Waals surface area contributed by atoms with E-state index in [0.717, 1.165) is 33.3 Å². The molecule has 0 radical (unpaired) electrons. The van der Waals surface area contributed by atoms with Gasteiger partial charge in [-0.2, -0.15) is 0 Å². The van der Waals surface area contributed by atoms with Crippen LogP contribution in [0.5, 0.6) is 0 Å². The molecule has 98 valence electrons. The lowest BCUT2D eigenvalue weighted by Crippen LogP contribution is -2.14. The summed E-state index contributed by atoms with van der Waals surface area (Å²) in [6.45, 7) is 3.94. The van der Waals surface area contributed by atoms with Crippen molar-refractivity contribution in [2.45, 2.75) is 19.2 Å². The van der Waals surface area contributed by atoms with Crippen molar-refractivity contribution in [3.05, 3.63) is 64.7 Å². The highest BCUT2D eigenvalue weighted by Gasteiger charge is 2.11. The number of hydrogen-bond acceptors (Lipinski definition) is 1. The van der Waals surface area contributed by atoms with E-state index in [1.54, 1.807) is 0 Å². The van der Waals surface area contributed by atoms with Crippen LogP contribution in [0.4, 0.5) is 5.69 Å². The van der Waals surface area contributed by atoms with Gasteiger partial charge in [0.1, 0.15) is 0 Å². The Morgan fingerprint density at radius 3 is 2.63 bits per heavy atom. The SMILES string of the molecule is Cc1ccc(C)c(C(=O)Nc2ccccc2CBr)c1. The molecule has 0 unspecified atom stereocenters. The zero-order valence-electron chi connectivity index (χ0n) is 11.0. The van der Waals surface area contributed by atoms with Crippen LogP contribution < -0.4 is 5.32 Å². The van der Waals surface area contributed by atoms with Crippen molar-refractivity contribution in [3.8, 4) is 0 Å². The van der Waals surface area contributed by atoms with Crippen LogP contribution in [0.2, 0.25) is 0 Å². The quantitative estimate of drug-likeness (QED) is 0.832. The Kier molecular flexibility index (Phi) is 4.38. The van der Waals surface area contributed by atoms with E-state index in [4.69, 9.17) is 0 Å². The molecule has 0 fully saturated rings. The number of nitrogens with one attached hydrogen (secondary N) is 1. The first-order chi connectivity index (χ1) is 9.11.